The first kappa shape index (κ1) is 25.2. The largest absolute Gasteiger partial charge is 0.493 e. The third-order valence-electron chi connectivity index (χ3n) is 5.28. The molecule has 0 fully saturated rings. The molecule has 0 saturated carbocycles. The van der Waals surface area contributed by atoms with E-state index in [0.717, 1.165) is 17.5 Å². The Hall–Kier alpha value is -3.09. The molecular weight excluding hydrogens is 411 g/mol. The first-order valence-electron chi connectivity index (χ1n) is 11.0. The topological polar surface area (TPSA) is 67.9 Å². The molecule has 0 radical (unpaired) electrons. The van der Waals surface area contributed by atoms with Crippen LogP contribution in [0.4, 0.5) is 4.39 Å². The van der Waals surface area contributed by atoms with Crippen LogP contribution in [0.5, 0.6) is 11.5 Å². The first-order chi connectivity index (χ1) is 15.4. The zero-order valence-corrected chi connectivity index (χ0v) is 19.3. The SMILES string of the molecule is CCCNC(=O)C(CC)N(Cc1ccc(F)cc1)C(=O)CCc1ccc(OC)c(OC)c1. The van der Waals surface area contributed by atoms with E-state index in [1.54, 1.807) is 31.3 Å². The average molecular weight is 445 g/mol. The summed E-state index contributed by atoms with van der Waals surface area (Å²) in [6.07, 6.45) is 2.02. The molecule has 7 heteroatoms. The second-order valence-electron chi connectivity index (χ2n) is 7.55. The lowest BCUT2D eigenvalue weighted by atomic mass is 10.1. The molecule has 0 spiro atoms. The van der Waals surface area contributed by atoms with E-state index in [4.69, 9.17) is 9.47 Å². The number of nitrogens with one attached hydrogen (secondary N) is 1. The van der Waals surface area contributed by atoms with E-state index in [9.17, 15) is 14.0 Å². The Balaban J connectivity index is 2.20. The highest BCUT2D eigenvalue weighted by Gasteiger charge is 2.28. The van der Waals surface area contributed by atoms with Crippen molar-refractivity contribution in [3.63, 3.8) is 0 Å². The molecule has 174 valence electrons. The molecule has 0 aliphatic heterocycles. The summed E-state index contributed by atoms with van der Waals surface area (Å²) in [5.74, 6) is 0.580. The molecule has 2 amide bonds. The van der Waals surface area contributed by atoms with Gasteiger partial charge in [0.1, 0.15) is 11.9 Å². The van der Waals surface area contributed by atoms with Crippen molar-refractivity contribution in [1.29, 1.82) is 0 Å². The molecule has 0 bridgehead atoms. The number of halogens is 1. The molecule has 0 aliphatic carbocycles. The van der Waals surface area contributed by atoms with Crippen molar-refractivity contribution in [1.82, 2.24) is 10.2 Å². The van der Waals surface area contributed by atoms with Gasteiger partial charge in [0.2, 0.25) is 11.8 Å². The van der Waals surface area contributed by atoms with Crippen molar-refractivity contribution < 1.29 is 23.5 Å². The summed E-state index contributed by atoms with van der Waals surface area (Å²) in [5, 5.41) is 2.89. The van der Waals surface area contributed by atoms with Crippen LogP contribution in [-0.2, 0) is 22.6 Å². The van der Waals surface area contributed by atoms with Crippen molar-refractivity contribution in [3.05, 3.63) is 59.4 Å². The third kappa shape index (κ3) is 6.97. The van der Waals surface area contributed by atoms with Gasteiger partial charge in [0.15, 0.2) is 11.5 Å². The van der Waals surface area contributed by atoms with E-state index in [1.165, 1.54) is 12.1 Å². The van der Waals surface area contributed by atoms with Crippen LogP contribution in [-0.4, -0.2) is 43.5 Å². The number of ether oxygens (including phenoxy) is 2. The monoisotopic (exact) mass is 444 g/mol. The number of nitrogens with zero attached hydrogens (tertiary/aromatic N) is 1. The Morgan fingerprint density at radius 3 is 2.25 bits per heavy atom. The number of hydrogen-bond acceptors (Lipinski definition) is 4. The van der Waals surface area contributed by atoms with Gasteiger partial charge in [-0.3, -0.25) is 9.59 Å². The summed E-state index contributed by atoms with van der Waals surface area (Å²) >= 11 is 0. The fraction of sp³-hybridized carbons (Fsp3) is 0.440. The minimum Gasteiger partial charge on any atom is -0.493 e. The van der Waals surface area contributed by atoms with Gasteiger partial charge in [-0.2, -0.15) is 0 Å². The maximum Gasteiger partial charge on any atom is 0.242 e. The average Bonchev–Trinajstić information content (AvgIpc) is 2.81. The van der Waals surface area contributed by atoms with Crippen LogP contribution < -0.4 is 14.8 Å². The van der Waals surface area contributed by atoms with Gasteiger partial charge in [0.25, 0.3) is 0 Å². The van der Waals surface area contributed by atoms with Crippen LogP contribution in [0.25, 0.3) is 0 Å². The number of aryl methyl sites for hydroxylation is 1. The quantitative estimate of drug-likeness (QED) is 0.535. The summed E-state index contributed by atoms with van der Waals surface area (Å²) in [6.45, 7) is 4.66. The number of carbonyl (C=O) groups is 2. The number of rotatable bonds is 12. The lowest BCUT2D eigenvalue weighted by Gasteiger charge is -2.30. The first-order valence-corrected chi connectivity index (χ1v) is 11.0. The van der Waals surface area contributed by atoms with E-state index in [0.29, 0.717) is 30.9 Å². The Bertz CT molecular complexity index is 886. The Kier molecular flexibility index (Phi) is 9.98. The van der Waals surface area contributed by atoms with E-state index in [1.807, 2.05) is 32.0 Å². The normalized spacial score (nSPS) is 11.5. The molecule has 32 heavy (non-hydrogen) atoms. The maximum absolute atomic E-state index is 13.3. The van der Waals surface area contributed by atoms with Crippen LogP contribution in [0.15, 0.2) is 42.5 Å². The Morgan fingerprint density at radius 1 is 1.00 bits per heavy atom. The smallest absolute Gasteiger partial charge is 0.242 e. The van der Waals surface area contributed by atoms with Gasteiger partial charge in [-0.1, -0.05) is 32.0 Å². The number of benzene rings is 2. The summed E-state index contributed by atoms with van der Waals surface area (Å²) in [5.41, 5.74) is 1.70. The minimum absolute atomic E-state index is 0.136. The van der Waals surface area contributed by atoms with Gasteiger partial charge >= 0.3 is 0 Å². The zero-order valence-electron chi connectivity index (χ0n) is 19.3. The van der Waals surface area contributed by atoms with E-state index >= 15 is 0 Å². The van der Waals surface area contributed by atoms with Gasteiger partial charge in [0, 0.05) is 19.5 Å². The highest BCUT2D eigenvalue weighted by Crippen LogP contribution is 2.28. The lowest BCUT2D eigenvalue weighted by molar-refractivity contribution is -0.141. The van der Waals surface area contributed by atoms with Crippen LogP contribution >= 0.6 is 0 Å². The van der Waals surface area contributed by atoms with Crippen LogP contribution in [0, 0.1) is 5.82 Å². The zero-order chi connectivity index (χ0) is 23.5. The molecule has 0 aromatic heterocycles. The van der Waals surface area contributed by atoms with Gasteiger partial charge in [0.05, 0.1) is 14.2 Å². The molecule has 0 saturated heterocycles. The summed E-state index contributed by atoms with van der Waals surface area (Å²) in [6, 6.07) is 11.0. The molecule has 1 N–H and O–H groups in total. The predicted molar refractivity (Wildman–Crippen MR) is 122 cm³/mol. The van der Waals surface area contributed by atoms with Crippen molar-refractivity contribution in [2.45, 2.75) is 52.1 Å². The van der Waals surface area contributed by atoms with Crippen molar-refractivity contribution >= 4 is 11.8 Å². The molecule has 2 rings (SSSR count). The Morgan fingerprint density at radius 2 is 1.66 bits per heavy atom. The molecular formula is C25H33FN2O4. The second kappa shape index (κ2) is 12.7. The third-order valence-corrected chi connectivity index (χ3v) is 5.28. The highest BCUT2D eigenvalue weighted by molar-refractivity contribution is 5.87. The highest BCUT2D eigenvalue weighted by atomic mass is 19.1. The number of methoxy groups -OCH3 is 2. The molecule has 6 nitrogen and oxygen atoms in total. The van der Waals surface area contributed by atoms with Gasteiger partial charge in [-0.25, -0.2) is 4.39 Å². The number of amides is 2. The van der Waals surface area contributed by atoms with Crippen LogP contribution in [0.2, 0.25) is 0 Å². The van der Waals surface area contributed by atoms with Crippen molar-refractivity contribution in [2.75, 3.05) is 20.8 Å². The fourth-order valence-electron chi connectivity index (χ4n) is 3.50. The number of carbonyl (C=O) groups excluding carboxylic acids is 2. The van der Waals surface area contributed by atoms with Crippen molar-refractivity contribution in [2.24, 2.45) is 0 Å². The summed E-state index contributed by atoms with van der Waals surface area (Å²) in [4.78, 5) is 27.6. The van der Waals surface area contributed by atoms with Gasteiger partial charge < -0.3 is 19.7 Å². The minimum atomic E-state index is -0.593. The van der Waals surface area contributed by atoms with Gasteiger partial charge in [-0.15, -0.1) is 0 Å². The standard InChI is InChI=1S/C25H33FN2O4/c1-5-15-27-25(30)21(6-2)28(17-19-7-11-20(26)12-8-19)24(29)14-10-18-9-13-22(31-3)23(16-18)32-4/h7-9,11-13,16,21H,5-6,10,14-15,17H2,1-4H3,(H,27,30). The summed E-state index contributed by atoms with van der Waals surface area (Å²) in [7, 11) is 3.14. The van der Waals surface area contributed by atoms with Crippen LogP contribution in [0.3, 0.4) is 0 Å². The molecule has 1 unspecified atom stereocenters. The summed E-state index contributed by atoms with van der Waals surface area (Å²) < 4.78 is 23.9. The lowest BCUT2D eigenvalue weighted by Crippen LogP contribution is -2.49. The van der Waals surface area contributed by atoms with Gasteiger partial charge in [-0.05, 0) is 54.7 Å². The predicted octanol–water partition coefficient (Wildman–Crippen LogP) is 4.11. The molecule has 0 heterocycles. The molecule has 1 atom stereocenters. The molecule has 2 aromatic rings. The van der Waals surface area contributed by atoms with E-state index < -0.39 is 6.04 Å². The molecule has 2 aromatic carbocycles. The fourth-order valence-corrected chi connectivity index (χ4v) is 3.50. The maximum atomic E-state index is 13.3. The number of hydrogen-bond donors (Lipinski definition) is 1. The van der Waals surface area contributed by atoms with E-state index in [-0.39, 0.29) is 30.6 Å². The second-order valence-corrected chi connectivity index (χ2v) is 7.55. The Labute approximate surface area is 189 Å². The van der Waals surface area contributed by atoms with E-state index in [2.05, 4.69) is 5.32 Å². The van der Waals surface area contributed by atoms with Crippen LogP contribution in [0.1, 0.15) is 44.2 Å². The van der Waals surface area contributed by atoms with Crippen molar-refractivity contribution in [3.8, 4) is 11.5 Å². The molecule has 0 aliphatic rings.